The summed E-state index contributed by atoms with van der Waals surface area (Å²) < 4.78 is 1.88. The zero-order chi connectivity index (χ0) is 31.3. The van der Waals surface area contributed by atoms with E-state index in [0.717, 1.165) is 77.1 Å². The number of piperidine rings is 1. The predicted octanol–water partition coefficient (Wildman–Crippen LogP) is 6.88. The van der Waals surface area contributed by atoms with Crippen LogP contribution in [-0.2, 0) is 4.79 Å². The Morgan fingerprint density at radius 2 is 1.73 bits per heavy atom. The minimum atomic E-state index is 0.340. The van der Waals surface area contributed by atoms with Crippen molar-refractivity contribution in [3.63, 3.8) is 0 Å². The molecule has 1 unspecified atom stereocenters. The summed E-state index contributed by atoms with van der Waals surface area (Å²) in [4.78, 5) is 26.8. The molecule has 6 rings (SSSR count). The zero-order valence-corrected chi connectivity index (χ0v) is 26.4. The number of pyridine rings is 1. The Morgan fingerprint density at radius 1 is 0.977 bits per heavy atom. The van der Waals surface area contributed by atoms with E-state index >= 15 is 0 Å². The average molecular weight is 594 g/mol. The molecule has 232 valence electrons. The van der Waals surface area contributed by atoms with Crippen molar-refractivity contribution in [1.29, 1.82) is 0 Å². The summed E-state index contributed by atoms with van der Waals surface area (Å²) in [5, 5.41) is 1.09. The summed E-state index contributed by atoms with van der Waals surface area (Å²) in [5.74, 6) is 1.67. The van der Waals surface area contributed by atoms with Crippen molar-refractivity contribution in [1.82, 2.24) is 24.3 Å². The molecule has 4 N–H and O–H groups in total. The smallest absolute Gasteiger partial charge is 0.150 e. The maximum atomic E-state index is 10.7. The van der Waals surface area contributed by atoms with Crippen molar-refractivity contribution in [3.8, 4) is 22.5 Å². The molecule has 1 fully saturated rings. The van der Waals surface area contributed by atoms with Crippen LogP contribution in [0.1, 0.15) is 52.4 Å². The van der Waals surface area contributed by atoms with Gasteiger partial charge < -0.3 is 25.6 Å². The van der Waals surface area contributed by atoms with E-state index in [1.165, 1.54) is 39.3 Å². The monoisotopic (exact) mass is 593 g/mol. The minimum Gasteiger partial charge on any atom is -0.382 e. The molecule has 4 heterocycles. The van der Waals surface area contributed by atoms with Crippen molar-refractivity contribution in [3.05, 3.63) is 79.4 Å². The number of aldehydes is 1. The Balaban J connectivity index is 0.000000213. The molecule has 3 aromatic heterocycles. The first-order valence-electron chi connectivity index (χ1n) is 15.9. The fourth-order valence-corrected chi connectivity index (χ4v) is 5.77. The van der Waals surface area contributed by atoms with E-state index in [4.69, 9.17) is 10.7 Å². The molecule has 2 aromatic carbocycles. The summed E-state index contributed by atoms with van der Waals surface area (Å²) in [7, 11) is 1.50. The van der Waals surface area contributed by atoms with Crippen LogP contribution in [0.25, 0.3) is 38.9 Å². The van der Waals surface area contributed by atoms with E-state index in [1.54, 1.807) is 12.5 Å². The Kier molecular flexibility index (Phi) is 12.4. The van der Waals surface area contributed by atoms with Gasteiger partial charge >= 0.3 is 0 Å². The highest BCUT2D eigenvalue weighted by Gasteiger charge is 2.20. The van der Waals surface area contributed by atoms with Gasteiger partial charge in [0.15, 0.2) is 0 Å². The highest BCUT2D eigenvalue weighted by molar-refractivity contribution is 5.91. The molecule has 0 amide bonds. The Hall–Kier alpha value is -4.14. The number of nitrogen functional groups attached to an aromatic ring is 1. The molecular formula is C36H47N7O. The number of hydrogen-bond acceptors (Lipinski definition) is 7. The summed E-state index contributed by atoms with van der Waals surface area (Å²) >= 11 is 0. The Bertz CT molecular complexity index is 1590. The lowest BCUT2D eigenvalue weighted by Crippen LogP contribution is -2.37. The highest BCUT2D eigenvalue weighted by Crippen LogP contribution is 2.29. The second kappa shape index (κ2) is 16.6. The molecule has 0 saturated carbocycles. The van der Waals surface area contributed by atoms with Crippen LogP contribution in [0.4, 0.5) is 5.82 Å². The Labute approximate surface area is 261 Å². The van der Waals surface area contributed by atoms with Crippen molar-refractivity contribution >= 4 is 28.5 Å². The molecule has 0 spiro atoms. The fourth-order valence-electron chi connectivity index (χ4n) is 5.77. The third-order valence-electron chi connectivity index (χ3n) is 8.40. The molecule has 0 radical (unpaired) electrons. The molecular weight excluding hydrogens is 546 g/mol. The van der Waals surface area contributed by atoms with Crippen LogP contribution in [0.2, 0.25) is 0 Å². The van der Waals surface area contributed by atoms with Gasteiger partial charge in [-0.3, -0.25) is 0 Å². The molecule has 1 aliphatic rings. The number of nitrogens with zero attached hydrogens (tertiary/aromatic N) is 5. The first-order chi connectivity index (χ1) is 21.6. The Morgan fingerprint density at radius 3 is 2.43 bits per heavy atom. The number of unbranched alkanes of at least 4 members (excludes halogenated alkanes) is 1. The first-order valence-corrected chi connectivity index (χ1v) is 15.9. The number of aromatic nitrogens is 4. The summed E-state index contributed by atoms with van der Waals surface area (Å²) in [6.45, 7) is 8.08. The zero-order valence-electron chi connectivity index (χ0n) is 26.4. The van der Waals surface area contributed by atoms with Gasteiger partial charge in [-0.15, -0.1) is 0 Å². The van der Waals surface area contributed by atoms with Crippen LogP contribution in [0, 0.1) is 11.8 Å². The second-order valence-corrected chi connectivity index (χ2v) is 11.3. The number of carbonyl (C=O) groups excluding carboxylic acids is 1. The number of likely N-dealkylation sites (tertiary alicyclic amines) is 1. The van der Waals surface area contributed by atoms with E-state index in [2.05, 4.69) is 64.8 Å². The van der Waals surface area contributed by atoms with Gasteiger partial charge in [0, 0.05) is 41.4 Å². The SMILES string of the molecule is CCCCC(CC)CN1CCC(C=O)CC1.CN.Nc1nccn2cnc(-c3ccc4ccc(-c5ccccc5)nc4c3)c12. The molecule has 1 saturated heterocycles. The predicted molar refractivity (Wildman–Crippen MR) is 182 cm³/mol. The van der Waals surface area contributed by atoms with E-state index in [9.17, 15) is 4.79 Å². The van der Waals surface area contributed by atoms with Gasteiger partial charge in [-0.25, -0.2) is 15.0 Å². The van der Waals surface area contributed by atoms with Crippen LogP contribution in [-0.4, -0.2) is 57.2 Å². The fraction of sp³-hybridized carbons (Fsp3) is 0.389. The van der Waals surface area contributed by atoms with Gasteiger partial charge in [0.05, 0.1) is 16.9 Å². The molecule has 5 aromatic rings. The van der Waals surface area contributed by atoms with E-state index in [1.807, 2.05) is 40.9 Å². The normalized spacial score (nSPS) is 14.4. The molecule has 0 aliphatic carbocycles. The molecule has 44 heavy (non-hydrogen) atoms. The summed E-state index contributed by atoms with van der Waals surface area (Å²) in [5.41, 5.74) is 16.1. The van der Waals surface area contributed by atoms with Gasteiger partial charge in [0.2, 0.25) is 0 Å². The van der Waals surface area contributed by atoms with Crippen molar-refractivity contribution in [2.45, 2.75) is 52.4 Å². The maximum absolute atomic E-state index is 10.7. The number of anilines is 1. The highest BCUT2D eigenvalue weighted by atomic mass is 16.1. The van der Waals surface area contributed by atoms with Crippen LogP contribution in [0.3, 0.4) is 0 Å². The van der Waals surface area contributed by atoms with Crippen molar-refractivity contribution in [2.24, 2.45) is 17.6 Å². The molecule has 1 atom stereocenters. The van der Waals surface area contributed by atoms with Gasteiger partial charge in [0.25, 0.3) is 0 Å². The third kappa shape index (κ3) is 8.27. The van der Waals surface area contributed by atoms with Crippen LogP contribution >= 0.6 is 0 Å². The van der Waals surface area contributed by atoms with Gasteiger partial charge in [-0.1, -0.05) is 81.6 Å². The molecule has 8 nitrogen and oxygen atoms in total. The van der Waals surface area contributed by atoms with Crippen LogP contribution in [0.5, 0.6) is 0 Å². The second-order valence-electron chi connectivity index (χ2n) is 11.3. The van der Waals surface area contributed by atoms with Gasteiger partial charge in [0.1, 0.15) is 23.9 Å². The average Bonchev–Trinajstić information content (AvgIpc) is 3.54. The van der Waals surface area contributed by atoms with Crippen molar-refractivity contribution < 1.29 is 4.79 Å². The maximum Gasteiger partial charge on any atom is 0.150 e. The van der Waals surface area contributed by atoms with Gasteiger partial charge in [-0.2, -0.15) is 0 Å². The van der Waals surface area contributed by atoms with Gasteiger partial charge in [-0.05, 0) is 57.5 Å². The van der Waals surface area contributed by atoms with Crippen LogP contribution < -0.4 is 11.5 Å². The summed E-state index contributed by atoms with van der Waals surface area (Å²) in [6.07, 6.45) is 13.9. The van der Waals surface area contributed by atoms with Crippen molar-refractivity contribution in [2.75, 3.05) is 32.4 Å². The lowest BCUT2D eigenvalue weighted by molar-refractivity contribution is -0.112. The minimum absolute atomic E-state index is 0.340. The van der Waals surface area contributed by atoms with E-state index in [-0.39, 0.29) is 0 Å². The largest absolute Gasteiger partial charge is 0.382 e. The lowest BCUT2D eigenvalue weighted by atomic mass is 9.95. The molecule has 0 bridgehead atoms. The number of fused-ring (bicyclic) bond motifs is 2. The first kappa shape index (κ1) is 32.8. The third-order valence-corrected chi connectivity index (χ3v) is 8.40. The number of nitrogens with two attached hydrogens (primary N) is 2. The van der Waals surface area contributed by atoms with E-state index in [0.29, 0.717) is 11.7 Å². The standard InChI is InChI=1S/C21H15N5.C14H27NO.CH5N/c22-21-20-19(24-13-26(20)11-10-23-21)16-7-6-15-8-9-17(25-18(15)12-16)14-4-2-1-3-5-14;1-3-5-6-13(4-2)11-15-9-7-14(12-16)8-10-15;1-2/h1-13H,(H2,22,23);12-14H,3-11H2,1-2H3;2H2,1H3. The summed E-state index contributed by atoms with van der Waals surface area (Å²) in [6, 6.07) is 20.5. The number of carbonyl (C=O) groups is 1. The number of imidazole rings is 1. The molecule has 8 heteroatoms. The number of benzene rings is 2. The van der Waals surface area contributed by atoms with E-state index < -0.39 is 0 Å². The molecule has 1 aliphatic heterocycles. The van der Waals surface area contributed by atoms with Crippen LogP contribution in [0.15, 0.2) is 79.4 Å². The number of rotatable bonds is 9. The topological polar surface area (TPSA) is 115 Å². The quantitative estimate of drug-likeness (QED) is 0.179. The number of hydrogen-bond donors (Lipinski definition) is 2. The lowest BCUT2D eigenvalue weighted by Gasteiger charge is -2.32.